The highest BCUT2D eigenvalue weighted by Gasteiger charge is 2.27. The average Bonchev–Trinajstić information content (AvgIpc) is 2.73. The lowest BCUT2D eigenvalue weighted by molar-refractivity contribution is -0.134. The Morgan fingerprint density at radius 2 is 1.70 bits per heavy atom. The molecule has 1 saturated heterocycles. The normalized spacial score (nSPS) is 14.6. The summed E-state index contributed by atoms with van der Waals surface area (Å²) in [6, 6.07) is 17.3. The number of likely N-dealkylation sites (tertiary alicyclic amines) is 1. The second-order valence-corrected chi connectivity index (χ2v) is 6.86. The molecule has 0 atom stereocenters. The van der Waals surface area contributed by atoms with Crippen molar-refractivity contribution in [2.24, 2.45) is 5.92 Å². The molecule has 0 aromatic heterocycles. The van der Waals surface area contributed by atoms with Gasteiger partial charge in [0.25, 0.3) is 0 Å². The maximum atomic E-state index is 12.5. The zero-order valence-corrected chi connectivity index (χ0v) is 15.7. The minimum atomic E-state index is -0.0316. The van der Waals surface area contributed by atoms with Gasteiger partial charge in [0.15, 0.2) is 0 Å². The summed E-state index contributed by atoms with van der Waals surface area (Å²) < 4.78 is 5.15. The van der Waals surface area contributed by atoms with Gasteiger partial charge in [-0.1, -0.05) is 30.3 Å². The van der Waals surface area contributed by atoms with Crippen molar-refractivity contribution in [2.75, 3.05) is 25.5 Å². The van der Waals surface area contributed by atoms with Crippen LogP contribution in [-0.2, 0) is 16.0 Å². The lowest BCUT2D eigenvalue weighted by Gasteiger charge is -2.31. The van der Waals surface area contributed by atoms with Gasteiger partial charge < -0.3 is 15.0 Å². The second-order valence-electron chi connectivity index (χ2n) is 6.86. The van der Waals surface area contributed by atoms with Crippen LogP contribution in [0.25, 0.3) is 0 Å². The molecule has 0 aliphatic carbocycles. The van der Waals surface area contributed by atoms with E-state index in [9.17, 15) is 9.59 Å². The number of anilines is 1. The predicted molar refractivity (Wildman–Crippen MR) is 106 cm³/mol. The molecule has 1 heterocycles. The van der Waals surface area contributed by atoms with Gasteiger partial charge in [0.1, 0.15) is 5.75 Å². The maximum absolute atomic E-state index is 12.5. The van der Waals surface area contributed by atoms with E-state index in [-0.39, 0.29) is 17.7 Å². The number of methoxy groups -OCH3 is 1. The molecule has 27 heavy (non-hydrogen) atoms. The van der Waals surface area contributed by atoms with Crippen molar-refractivity contribution in [3.63, 3.8) is 0 Å². The minimum absolute atomic E-state index is 0.0316. The summed E-state index contributed by atoms with van der Waals surface area (Å²) in [6.45, 7) is 1.29. The first kappa shape index (κ1) is 19.0. The molecule has 2 amide bonds. The molecule has 2 aromatic carbocycles. The molecule has 2 aromatic rings. The quantitative estimate of drug-likeness (QED) is 0.851. The third-order valence-corrected chi connectivity index (χ3v) is 5.05. The Hall–Kier alpha value is -2.82. The predicted octanol–water partition coefficient (Wildman–Crippen LogP) is 3.51. The van der Waals surface area contributed by atoms with Gasteiger partial charge in [-0.15, -0.1) is 0 Å². The van der Waals surface area contributed by atoms with Crippen molar-refractivity contribution in [2.45, 2.75) is 25.7 Å². The molecule has 0 bridgehead atoms. The second kappa shape index (κ2) is 9.21. The largest absolute Gasteiger partial charge is 0.497 e. The number of amides is 2. The van der Waals surface area contributed by atoms with E-state index >= 15 is 0 Å². The smallest absolute Gasteiger partial charge is 0.227 e. The zero-order chi connectivity index (χ0) is 19.1. The van der Waals surface area contributed by atoms with Gasteiger partial charge >= 0.3 is 0 Å². The average molecular weight is 366 g/mol. The van der Waals surface area contributed by atoms with Crippen LogP contribution in [-0.4, -0.2) is 36.9 Å². The summed E-state index contributed by atoms with van der Waals surface area (Å²) >= 11 is 0. The number of carbonyl (C=O) groups is 2. The van der Waals surface area contributed by atoms with Crippen molar-refractivity contribution in [1.82, 2.24) is 4.90 Å². The van der Waals surface area contributed by atoms with Crippen LogP contribution < -0.4 is 10.1 Å². The molecule has 5 heteroatoms. The van der Waals surface area contributed by atoms with E-state index in [1.54, 1.807) is 7.11 Å². The molecule has 0 radical (unpaired) electrons. The highest BCUT2D eigenvalue weighted by Crippen LogP contribution is 2.21. The standard InChI is InChI=1S/C22H26N2O3/c1-27-20-10-7-17(8-11-20)9-12-21(25)24-15-13-18(14-16-24)22(26)23-19-5-3-2-4-6-19/h2-8,10-11,18H,9,12-16H2,1H3,(H,23,26). The molecule has 1 N–H and O–H groups in total. The maximum Gasteiger partial charge on any atom is 0.227 e. The van der Waals surface area contributed by atoms with Crippen LogP contribution in [0.1, 0.15) is 24.8 Å². The van der Waals surface area contributed by atoms with Crippen molar-refractivity contribution < 1.29 is 14.3 Å². The molecule has 3 rings (SSSR count). The van der Waals surface area contributed by atoms with Gasteiger partial charge in [-0.2, -0.15) is 0 Å². The summed E-state index contributed by atoms with van der Waals surface area (Å²) in [7, 11) is 1.64. The van der Waals surface area contributed by atoms with E-state index in [1.807, 2.05) is 59.5 Å². The van der Waals surface area contributed by atoms with E-state index in [0.717, 1.165) is 23.4 Å². The Bertz CT molecular complexity index is 751. The lowest BCUT2D eigenvalue weighted by Crippen LogP contribution is -2.41. The molecule has 1 fully saturated rings. The number of nitrogens with one attached hydrogen (secondary N) is 1. The molecule has 1 aliphatic rings. The first-order valence-corrected chi connectivity index (χ1v) is 9.42. The number of carbonyl (C=O) groups excluding carboxylic acids is 2. The van der Waals surface area contributed by atoms with Crippen molar-refractivity contribution in [1.29, 1.82) is 0 Å². The fraction of sp³-hybridized carbons (Fsp3) is 0.364. The van der Waals surface area contributed by atoms with Crippen LogP contribution >= 0.6 is 0 Å². The van der Waals surface area contributed by atoms with E-state index < -0.39 is 0 Å². The third kappa shape index (κ3) is 5.33. The van der Waals surface area contributed by atoms with Gasteiger partial charge in [0.2, 0.25) is 11.8 Å². The van der Waals surface area contributed by atoms with Gasteiger partial charge in [0, 0.05) is 31.1 Å². The van der Waals surface area contributed by atoms with Crippen LogP contribution in [0.4, 0.5) is 5.69 Å². The number of benzene rings is 2. The number of piperidine rings is 1. The number of para-hydroxylation sites is 1. The number of ether oxygens (including phenoxy) is 1. The summed E-state index contributed by atoms with van der Waals surface area (Å²) in [6.07, 6.45) is 2.64. The molecule has 0 unspecified atom stereocenters. The van der Waals surface area contributed by atoms with E-state index in [2.05, 4.69) is 5.32 Å². The summed E-state index contributed by atoms with van der Waals surface area (Å²) in [4.78, 5) is 26.7. The monoisotopic (exact) mass is 366 g/mol. The molecule has 5 nitrogen and oxygen atoms in total. The Kier molecular flexibility index (Phi) is 6.47. The number of hydrogen-bond acceptors (Lipinski definition) is 3. The summed E-state index contributed by atoms with van der Waals surface area (Å²) in [5, 5.41) is 2.96. The van der Waals surface area contributed by atoms with Gasteiger partial charge in [-0.3, -0.25) is 9.59 Å². The molecule has 1 aliphatic heterocycles. The Morgan fingerprint density at radius 3 is 2.33 bits per heavy atom. The van der Waals surface area contributed by atoms with Crippen molar-refractivity contribution >= 4 is 17.5 Å². The first-order valence-electron chi connectivity index (χ1n) is 9.42. The highest BCUT2D eigenvalue weighted by atomic mass is 16.5. The lowest BCUT2D eigenvalue weighted by atomic mass is 9.95. The fourth-order valence-corrected chi connectivity index (χ4v) is 3.36. The van der Waals surface area contributed by atoms with Gasteiger partial charge in [0.05, 0.1) is 7.11 Å². The Labute approximate surface area is 160 Å². The molecular formula is C22H26N2O3. The third-order valence-electron chi connectivity index (χ3n) is 5.05. The van der Waals surface area contributed by atoms with E-state index in [4.69, 9.17) is 4.74 Å². The minimum Gasteiger partial charge on any atom is -0.497 e. The zero-order valence-electron chi connectivity index (χ0n) is 15.7. The van der Waals surface area contributed by atoms with Crippen LogP contribution in [0, 0.1) is 5.92 Å². The molecular weight excluding hydrogens is 340 g/mol. The van der Waals surface area contributed by atoms with Gasteiger partial charge in [-0.25, -0.2) is 0 Å². The van der Waals surface area contributed by atoms with Crippen LogP contribution in [0.5, 0.6) is 5.75 Å². The molecule has 142 valence electrons. The van der Waals surface area contributed by atoms with Gasteiger partial charge in [-0.05, 0) is 49.1 Å². The van der Waals surface area contributed by atoms with Crippen LogP contribution in [0.2, 0.25) is 0 Å². The van der Waals surface area contributed by atoms with Crippen molar-refractivity contribution in [3.05, 3.63) is 60.2 Å². The SMILES string of the molecule is COc1ccc(CCC(=O)N2CCC(C(=O)Nc3ccccc3)CC2)cc1. The summed E-state index contributed by atoms with van der Waals surface area (Å²) in [5.41, 5.74) is 1.95. The number of nitrogens with zero attached hydrogens (tertiary/aromatic N) is 1. The Balaban J connectivity index is 1.42. The number of rotatable bonds is 6. The van der Waals surface area contributed by atoms with E-state index in [1.165, 1.54) is 0 Å². The summed E-state index contributed by atoms with van der Waals surface area (Å²) in [5.74, 6) is 0.996. The number of aryl methyl sites for hydroxylation is 1. The van der Waals surface area contributed by atoms with Crippen LogP contribution in [0.15, 0.2) is 54.6 Å². The first-order chi connectivity index (χ1) is 13.2. The molecule has 0 saturated carbocycles. The fourth-order valence-electron chi connectivity index (χ4n) is 3.36. The topological polar surface area (TPSA) is 58.6 Å². The van der Waals surface area contributed by atoms with Crippen LogP contribution in [0.3, 0.4) is 0 Å². The van der Waals surface area contributed by atoms with Crippen molar-refractivity contribution in [3.8, 4) is 5.75 Å². The van der Waals surface area contributed by atoms with E-state index in [0.29, 0.717) is 32.4 Å². The Morgan fingerprint density at radius 1 is 1.04 bits per heavy atom. The number of hydrogen-bond donors (Lipinski definition) is 1. The molecule has 0 spiro atoms. The highest BCUT2D eigenvalue weighted by molar-refractivity contribution is 5.92.